The number of rotatable bonds is 2. The van der Waals surface area contributed by atoms with Crippen molar-refractivity contribution in [2.45, 2.75) is 27.3 Å². The molecule has 0 bridgehead atoms. The summed E-state index contributed by atoms with van der Waals surface area (Å²) in [7, 11) is 0. The molecule has 0 aliphatic heterocycles. The molecule has 0 saturated carbocycles. The molecule has 0 fully saturated rings. The van der Waals surface area contributed by atoms with Crippen molar-refractivity contribution in [3.8, 4) is 11.5 Å². The van der Waals surface area contributed by atoms with Crippen LogP contribution in [0.2, 0.25) is 0 Å². The molecule has 0 radical (unpaired) electrons. The van der Waals surface area contributed by atoms with Crippen LogP contribution in [0.5, 0.6) is 0 Å². The second-order valence-corrected chi connectivity index (χ2v) is 3.99. The van der Waals surface area contributed by atoms with E-state index in [1.807, 2.05) is 13.8 Å². The first-order valence-electron chi connectivity index (χ1n) is 5.22. The third-order valence-corrected chi connectivity index (χ3v) is 2.54. The lowest BCUT2D eigenvalue weighted by Gasteiger charge is -2.06. The van der Waals surface area contributed by atoms with Gasteiger partial charge in [0.25, 0.3) is 5.89 Å². The van der Waals surface area contributed by atoms with Crippen LogP contribution in [0.3, 0.4) is 0 Å². The van der Waals surface area contributed by atoms with Gasteiger partial charge in [0.15, 0.2) is 5.82 Å². The molecule has 1 heterocycles. The zero-order valence-electron chi connectivity index (χ0n) is 9.74. The molecule has 1 aromatic heterocycles. The van der Waals surface area contributed by atoms with E-state index in [4.69, 9.17) is 10.3 Å². The second-order valence-electron chi connectivity index (χ2n) is 3.99. The minimum atomic E-state index is 0.299. The van der Waals surface area contributed by atoms with Gasteiger partial charge in [-0.3, -0.25) is 0 Å². The largest absolute Gasteiger partial charge is 0.334 e. The van der Waals surface area contributed by atoms with E-state index < -0.39 is 0 Å². The first kappa shape index (κ1) is 10.8. The van der Waals surface area contributed by atoms with Gasteiger partial charge in [0, 0.05) is 5.56 Å². The molecule has 0 aliphatic rings. The van der Waals surface area contributed by atoms with Gasteiger partial charge in [-0.1, -0.05) is 22.9 Å². The van der Waals surface area contributed by atoms with E-state index in [9.17, 15) is 0 Å². The summed E-state index contributed by atoms with van der Waals surface area (Å²) in [6.07, 6.45) is 0. The molecule has 0 spiro atoms. The Labute approximate surface area is 94.5 Å². The summed E-state index contributed by atoms with van der Waals surface area (Å²) < 4.78 is 5.20. The predicted molar refractivity (Wildman–Crippen MR) is 61.8 cm³/mol. The smallest absolute Gasteiger partial charge is 0.258 e. The molecule has 4 nitrogen and oxygen atoms in total. The van der Waals surface area contributed by atoms with Crippen molar-refractivity contribution in [1.82, 2.24) is 10.1 Å². The average molecular weight is 217 g/mol. The molecule has 0 aliphatic carbocycles. The number of nitrogens with two attached hydrogens (primary N) is 1. The highest BCUT2D eigenvalue weighted by Gasteiger charge is 2.13. The number of aromatic nitrogens is 2. The van der Waals surface area contributed by atoms with Gasteiger partial charge in [-0.25, -0.2) is 0 Å². The maximum atomic E-state index is 5.46. The molecule has 2 aromatic rings. The molecule has 0 saturated heterocycles. The molecule has 0 amide bonds. The van der Waals surface area contributed by atoms with Crippen molar-refractivity contribution >= 4 is 0 Å². The summed E-state index contributed by atoms with van der Waals surface area (Å²) in [5, 5.41) is 3.80. The summed E-state index contributed by atoms with van der Waals surface area (Å²) in [5.74, 6) is 1.09. The van der Waals surface area contributed by atoms with Crippen LogP contribution in [-0.2, 0) is 6.54 Å². The number of hydrogen-bond donors (Lipinski definition) is 1. The van der Waals surface area contributed by atoms with Crippen LogP contribution >= 0.6 is 0 Å². The number of benzene rings is 1. The van der Waals surface area contributed by atoms with Crippen molar-refractivity contribution in [3.05, 3.63) is 34.6 Å². The van der Waals surface area contributed by atoms with Gasteiger partial charge in [-0.05, 0) is 31.9 Å². The first-order chi connectivity index (χ1) is 7.61. The van der Waals surface area contributed by atoms with Crippen LogP contribution in [-0.4, -0.2) is 10.1 Å². The van der Waals surface area contributed by atoms with Crippen LogP contribution in [0, 0.1) is 20.8 Å². The van der Waals surface area contributed by atoms with E-state index >= 15 is 0 Å². The van der Waals surface area contributed by atoms with Crippen molar-refractivity contribution < 1.29 is 4.52 Å². The zero-order valence-corrected chi connectivity index (χ0v) is 9.74. The number of hydrogen-bond acceptors (Lipinski definition) is 4. The highest BCUT2D eigenvalue weighted by Crippen LogP contribution is 2.26. The number of aryl methyl sites for hydroxylation is 3. The van der Waals surface area contributed by atoms with Crippen LogP contribution < -0.4 is 5.73 Å². The van der Waals surface area contributed by atoms with Crippen molar-refractivity contribution in [1.29, 1.82) is 0 Å². The van der Waals surface area contributed by atoms with Crippen molar-refractivity contribution in [2.75, 3.05) is 0 Å². The monoisotopic (exact) mass is 217 g/mol. The Morgan fingerprint density at radius 3 is 2.31 bits per heavy atom. The summed E-state index contributed by atoms with van der Waals surface area (Å²) >= 11 is 0. The summed E-state index contributed by atoms with van der Waals surface area (Å²) in [6.45, 7) is 6.46. The van der Waals surface area contributed by atoms with Gasteiger partial charge >= 0.3 is 0 Å². The fourth-order valence-corrected chi connectivity index (χ4v) is 1.96. The highest BCUT2D eigenvalue weighted by molar-refractivity contribution is 5.63. The Morgan fingerprint density at radius 2 is 1.81 bits per heavy atom. The second kappa shape index (κ2) is 4.06. The van der Waals surface area contributed by atoms with Gasteiger partial charge < -0.3 is 10.3 Å². The molecular weight excluding hydrogens is 202 g/mol. The highest BCUT2D eigenvalue weighted by atomic mass is 16.5. The molecule has 0 unspecified atom stereocenters. The SMILES string of the molecule is Cc1cc(C)c(-c2nc(CN)no2)c(C)c1. The Hall–Kier alpha value is -1.68. The number of nitrogens with zero attached hydrogens (tertiary/aromatic N) is 2. The van der Waals surface area contributed by atoms with Crippen LogP contribution in [0.4, 0.5) is 0 Å². The van der Waals surface area contributed by atoms with Gasteiger partial charge in [0.05, 0.1) is 6.54 Å². The molecule has 1 aromatic carbocycles. The molecule has 0 atom stereocenters. The predicted octanol–water partition coefficient (Wildman–Crippen LogP) is 2.12. The molecule has 84 valence electrons. The third kappa shape index (κ3) is 1.84. The van der Waals surface area contributed by atoms with Gasteiger partial charge in [-0.2, -0.15) is 4.98 Å². The average Bonchev–Trinajstić information content (AvgIpc) is 2.64. The summed E-state index contributed by atoms with van der Waals surface area (Å²) in [6, 6.07) is 4.21. The van der Waals surface area contributed by atoms with Crippen LogP contribution in [0.1, 0.15) is 22.5 Å². The maximum Gasteiger partial charge on any atom is 0.258 e. The lowest BCUT2D eigenvalue weighted by atomic mass is 10.00. The quantitative estimate of drug-likeness (QED) is 0.836. The lowest BCUT2D eigenvalue weighted by molar-refractivity contribution is 0.422. The first-order valence-corrected chi connectivity index (χ1v) is 5.22. The Morgan fingerprint density at radius 1 is 1.19 bits per heavy atom. The van der Waals surface area contributed by atoms with Crippen molar-refractivity contribution in [3.63, 3.8) is 0 Å². The minimum Gasteiger partial charge on any atom is -0.334 e. The molecule has 2 rings (SSSR count). The Balaban J connectivity index is 2.55. The van der Waals surface area contributed by atoms with E-state index in [0.717, 1.165) is 16.7 Å². The van der Waals surface area contributed by atoms with E-state index in [-0.39, 0.29) is 0 Å². The van der Waals surface area contributed by atoms with E-state index in [2.05, 4.69) is 29.2 Å². The van der Waals surface area contributed by atoms with E-state index in [0.29, 0.717) is 18.3 Å². The summed E-state index contributed by atoms with van der Waals surface area (Å²) in [4.78, 5) is 4.25. The fourth-order valence-electron chi connectivity index (χ4n) is 1.96. The zero-order chi connectivity index (χ0) is 11.7. The summed E-state index contributed by atoms with van der Waals surface area (Å²) in [5.41, 5.74) is 9.99. The molecule has 2 N–H and O–H groups in total. The van der Waals surface area contributed by atoms with Gasteiger partial charge in [-0.15, -0.1) is 0 Å². The Bertz CT molecular complexity index is 494. The van der Waals surface area contributed by atoms with Gasteiger partial charge in [0.1, 0.15) is 0 Å². The maximum absolute atomic E-state index is 5.46. The normalized spacial score (nSPS) is 10.8. The minimum absolute atomic E-state index is 0.299. The lowest BCUT2D eigenvalue weighted by Crippen LogP contribution is -1.98. The topological polar surface area (TPSA) is 64.9 Å². The van der Waals surface area contributed by atoms with Crippen LogP contribution in [0.25, 0.3) is 11.5 Å². The van der Waals surface area contributed by atoms with E-state index in [1.54, 1.807) is 0 Å². The standard InChI is InChI=1S/C12H15N3O/c1-7-4-8(2)11(9(3)5-7)12-14-10(6-13)15-16-12/h4-5H,6,13H2,1-3H3. The van der Waals surface area contributed by atoms with E-state index in [1.165, 1.54) is 5.56 Å². The molecule has 4 heteroatoms. The Kier molecular flexibility index (Phi) is 2.75. The molecular formula is C12H15N3O. The van der Waals surface area contributed by atoms with Crippen LogP contribution in [0.15, 0.2) is 16.7 Å². The fraction of sp³-hybridized carbons (Fsp3) is 0.333. The van der Waals surface area contributed by atoms with Crippen molar-refractivity contribution in [2.24, 2.45) is 5.73 Å². The third-order valence-electron chi connectivity index (χ3n) is 2.54. The van der Waals surface area contributed by atoms with Gasteiger partial charge in [0.2, 0.25) is 0 Å². The molecule has 16 heavy (non-hydrogen) atoms.